The molecule has 2 N–H and O–H groups in total. The van der Waals surface area contributed by atoms with E-state index < -0.39 is 21.2 Å². The number of rotatable bonds is 6. The Morgan fingerprint density at radius 3 is 2.21 bits per heavy atom. The van der Waals surface area contributed by atoms with Gasteiger partial charge < -0.3 is 10.1 Å². The summed E-state index contributed by atoms with van der Waals surface area (Å²) in [4.78, 5) is 37.6. The van der Waals surface area contributed by atoms with Gasteiger partial charge >= 0.3 is 0 Å². The second kappa shape index (κ2) is 7.68. The lowest BCUT2D eigenvalue weighted by Crippen LogP contribution is -2.47. The number of nitrogens with one attached hydrogen (secondary N) is 2. The van der Waals surface area contributed by atoms with E-state index in [1.54, 1.807) is 31.4 Å². The molecule has 2 saturated carbocycles. The van der Waals surface area contributed by atoms with Crippen molar-refractivity contribution in [3.05, 3.63) is 58.6 Å². The van der Waals surface area contributed by atoms with Crippen LogP contribution < -0.4 is 15.5 Å². The number of amides is 1. The zero-order valence-electron chi connectivity index (χ0n) is 19.0. The highest BCUT2D eigenvalue weighted by Gasteiger charge is 2.76. The van der Waals surface area contributed by atoms with Crippen LogP contribution in [0.5, 0.6) is 5.75 Å². The minimum absolute atomic E-state index is 0.0357. The van der Waals surface area contributed by atoms with Gasteiger partial charge in [-0.2, -0.15) is 5.10 Å². The van der Waals surface area contributed by atoms with Gasteiger partial charge in [-0.3, -0.25) is 25.1 Å². The first-order chi connectivity index (χ1) is 15.6. The smallest absolute Gasteiger partial charge is 0.269 e. The zero-order valence-corrected chi connectivity index (χ0v) is 19.0. The number of methoxy groups -OCH3 is 1. The summed E-state index contributed by atoms with van der Waals surface area (Å²) >= 11 is 0. The number of Topliss-reactive ketones (excluding diaryl/α,β-unsaturated/α-hetero) is 1. The fourth-order valence-corrected chi connectivity index (χ4v) is 5.16. The number of nitro groups is 1. The molecule has 0 aliphatic heterocycles. The van der Waals surface area contributed by atoms with E-state index in [2.05, 4.69) is 15.8 Å². The first kappa shape index (κ1) is 22.4. The van der Waals surface area contributed by atoms with Crippen molar-refractivity contribution < 1.29 is 19.2 Å². The Balaban J connectivity index is 1.63. The average Bonchev–Trinajstić information content (AvgIpc) is 3.07. The number of carbonyl (C=O) groups excluding carboxylic acids is 2. The summed E-state index contributed by atoms with van der Waals surface area (Å²) in [6, 6.07) is 12.7. The van der Waals surface area contributed by atoms with Crippen LogP contribution in [-0.2, 0) is 9.59 Å². The van der Waals surface area contributed by atoms with Crippen molar-refractivity contribution in [1.29, 1.82) is 0 Å². The molecule has 0 spiro atoms. The van der Waals surface area contributed by atoms with E-state index in [4.69, 9.17) is 4.74 Å². The minimum Gasteiger partial charge on any atom is -0.497 e. The van der Waals surface area contributed by atoms with Gasteiger partial charge in [-0.15, -0.1) is 0 Å². The van der Waals surface area contributed by atoms with Gasteiger partial charge in [0.2, 0.25) is 5.91 Å². The molecule has 2 aromatic rings. The lowest BCUT2D eigenvalue weighted by atomic mass is 9.64. The first-order valence-electron chi connectivity index (χ1n) is 10.7. The van der Waals surface area contributed by atoms with Crippen molar-refractivity contribution in [2.24, 2.45) is 21.3 Å². The maximum Gasteiger partial charge on any atom is 0.269 e. The second-order valence-corrected chi connectivity index (χ2v) is 9.25. The lowest BCUT2D eigenvalue weighted by Gasteiger charge is -2.37. The number of fused-ring (bicyclic) bond motifs is 2. The molecule has 0 aromatic heterocycles. The van der Waals surface area contributed by atoms with Crippen LogP contribution in [0.1, 0.15) is 33.6 Å². The summed E-state index contributed by atoms with van der Waals surface area (Å²) in [5, 5.41) is 18.2. The Hall–Kier alpha value is -3.75. The Morgan fingerprint density at radius 1 is 1.03 bits per heavy atom. The fraction of sp³-hybridized carbons (Fsp3) is 0.375. The van der Waals surface area contributed by atoms with Crippen LogP contribution in [-0.4, -0.2) is 29.4 Å². The predicted molar refractivity (Wildman–Crippen MR) is 124 cm³/mol. The van der Waals surface area contributed by atoms with Gasteiger partial charge in [0.15, 0.2) is 5.78 Å². The molecule has 2 atom stereocenters. The maximum absolute atomic E-state index is 13.7. The third-order valence-electron chi connectivity index (χ3n) is 7.68. The molecule has 2 bridgehead atoms. The van der Waals surface area contributed by atoms with Gasteiger partial charge in [0.05, 0.1) is 17.7 Å². The highest BCUT2D eigenvalue weighted by atomic mass is 16.6. The number of anilines is 2. The van der Waals surface area contributed by atoms with Crippen molar-refractivity contribution >= 4 is 34.5 Å². The topological polar surface area (TPSA) is 123 Å². The van der Waals surface area contributed by atoms with Crippen LogP contribution in [0.2, 0.25) is 0 Å². The molecule has 1 amide bonds. The highest BCUT2D eigenvalue weighted by molar-refractivity contribution is 6.51. The van der Waals surface area contributed by atoms with Crippen molar-refractivity contribution in [2.45, 2.75) is 33.6 Å². The fourth-order valence-electron chi connectivity index (χ4n) is 5.16. The van der Waals surface area contributed by atoms with Crippen LogP contribution in [0, 0.1) is 26.4 Å². The third kappa shape index (κ3) is 3.18. The number of hydrazone groups is 1. The number of hydrogen-bond acceptors (Lipinski definition) is 7. The number of benzene rings is 2. The molecular formula is C24H26N4O5. The summed E-state index contributed by atoms with van der Waals surface area (Å²) in [6.07, 6.45) is 1.08. The summed E-state index contributed by atoms with van der Waals surface area (Å²) < 4.78 is 5.16. The molecule has 2 unspecified atom stereocenters. The van der Waals surface area contributed by atoms with Gasteiger partial charge in [-0.05, 0) is 54.7 Å². The van der Waals surface area contributed by atoms with Gasteiger partial charge in [-0.1, -0.05) is 20.8 Å². The zero-order chi connectivity index (χ0) is 24.0. The number of nitro benzene ring substituents is 1. The number of hydrogen-bond donors (Lipinski definition) is 2. The van der Waals surface area contributed by atoms with E-state index >= 15 is 0 Å². The maximum atomic E-state index is 13.7. The van der Waals surface area contributed by atoms with Crippen molar-refractivity contribution in [3.63, 3.8) is 0 Å². The molecule has 0 heterocycles. The van der Waals surface area contributed by atoms with E-state index in [1.165, 1.54) is 24.3 Å². The van der Waals surface area contributed by atoms with Gasteiger partial charge in [-0.25, -0.2) is 0 Å². The lowest BCUT2D eigenvalue weighted by molar-refractivity contribution is -0.384. The average molecular weight is 450 g/mol. The Kier molecular flexibility index (Phi) is 5.23. The number of carbonyl (C=O) groups is 2. The molecule has 9 heteroatoms. The predicted octanol–water partition coefficient (Wildman–Crippen LogP) is 4.41. The molecule has 9 nitrogen and oxygen atoms in total. The monoisotopic (exact) mass is 450 g/mol. The normalized spacial score (nSPS) is 26.3. The summed E-state index contributed by atoms with van der Waals surface area (Å²) in [5.74, 6) is 0.0391. The van der Waals surface area contributed by atoms with Crippen LogP contribution in [0.3, 0.4) is 0 Å². The molecule has 2 fully saturated rings. The van der Waals surface area contributed by atoms with E-state index in [-0.39, 0.29) is 17.4 Å². The molecule has 0 saturated heterocycles. The van der Waals surface area contributed by atoms with E-state index in [0.29, 0.717) is 35.7 Å². The standard InChI is InChI=1S/C24H26N4O5/c1-22(2)23(3)13-14-24(22,21(30)25-15-7-11-18(33-4)12-8-15)20(29)19(23)27-26-16-5-9-17(10-6-16)28(31)32/h5-12,26H,13-14H2,1-4H3,(H,25,30)/b27-19+. The van der Waals surface area contributed by atoms with Crippen molar-refractivity contribution in [3.8, 4) is 5.75 Å². The molecule has 2 aliphatic carbocycles. The van der Waals surface area contributed by atoms with Crippen molar-refractivity contribution in [2.75, 3.05) is 17.9 Å². The molecule has 0 radical (unpaired) electrons. The quantitative estimate of drug-likeness (QED) is 0.382. The van der Waals surface area contributed by atoms with Gasteiger partial charge in [0.1, 0.15) is 16.9 Å². The van der Waals surface area contributed by atoms with Crippen LogP contribution in [0.15, 0.2) is 53.6 Å². The second-order valence-electron chi connectivity index (χ2n) is 9.25. The van der Waals surface area contributed by atoms with Crippen LogP contribution in [0.4, 0.5) is 17.1 Å². The molecule has 2 aliphatic rings. The van der Waals surface area contributed by atoms with Gasteiger partial charge in [0.25, 0.3) is 5.69 Å². The molecule has 33 heavy (non-hydrogen) atoms. The summed E-state index contributed by atoms with van der Waals surface area (Å²) in [6.45, 7) is 5.86. The van der Waals surface area contributed by atoms with Crippen molar-refractivity contribution in [1.82, 2.24) is 0 Å². The summed E-state index contributed by atoms with van der Waals surface area (Å²) in [5.41, 5.74) is 1.73. The van der Waals surface area contributed by atoms with Gasteiger partial charge in [0, 0.05) is 23.2 Å². The third-order valence-corrected chi connectivity index (χ3v) is 7.68. The first-order valence-corrected chi connectivity index (χ1v) is 10.7. The van der Waals surface area contributed by atoms with E-state index in [1.807, 2.05) is 20.8 Å². The molecule has 4 rings (SSSR count). The summed E-state index contributed by atoms with van der Waals surface area (Å²) in [7, 11) is 1.57. The molecule has 2 aromatic carbocycles. The number of ether oxygens (including phenoxy) is 1. The van der Waals surface area contributed by atoms with Crippen LogP contribution in [0.25, 0.3) is 0 Å². The Bertz CT molecular complexity index is 1160. The minimum atomic E-state index is -1.24. The number of non-ortho nitro benzene ring substituents is 1. The Morgan fingerprint density at radius 2 is 1.64 bits per heavy atom. The number of nitrogens with zero attached hydrogens (tertiary/aromatic N) is 2. The van der Waals surface area contributed by atoms with Crippen LogP contribution >= 0.6 is 0 Å². The molecule has 172 valence electrons. The largest absolute Gasteiger partial charge is 0.497 e. The Labute approximate surface area is 191 Å². The highest BCUT2D eigenvalue weighted by Crippen LogP contribution is 2.69. The molecular weight excluding hydrogens is 424 g/mol. The van der Waals surface area contributed by atoms with E-state index in [9.17, 15) is 19.7 Å². The van der Waals surface area contributed by atoms with E-state index in [0.717, 1.165) is 0 Å². The number of ketones is 1. The SMILES string of the molecule is COc1ccc(NC(=O)C23CCC(C)(/C(=N/Nc4ccc([N+](=O)[O-])cc4)C2=O)C3(C)C)cc1.